The molecule has 0 spiro atoms. The van der Waals surface area contributed by atoms with E-state index in [1.54, 1.807) is 18.2 Å². The van der Waals surface area contributed by atoms with Gasteiger partial charge in [0.1, 0.15) is 13.2 Å². The second-order valence-corrected chi connectivity index (χ2v) is 7.67. The summed E-state index contributed by atoms with van der Waals surface area (Å²) in [5.74, 6) is 1.28. The minimum absolute atomic E-state index is 0.0363. The lowest BCUT2D eigenvalue weighted by atomic mass is 10.1. The van der Waals surface area contributed by atoms with E-state index in [-0.39, 0.29) is 5.78 Å². The maximum Gasteiger partial charge on any atom is 0.195 e. The summed E-state index contributed by atoms with van der Waals surface area (Å²) in [6.45, 7) is 1.06. The number of rotatable bonds is 2. The molecule has 3 nitrogen and oxygen atoms in total. The molecule has 0 unspecified atom stereocenters. The Kier molecular flexibility index (Phi) is 3.64. The van der Waals surface area contributed by atoms with E-state index in [0.717, 1.165) is 7.57 Å². The van der Waals surface area contributed by atoms with Crippen LogP contribution in [-0.2, 0) is 0 Å². The number of ketones is 1. The number of halogens is 2. The molecular formula is C13H8Br2O3S. The Bertz CT molecular complexity index is 651. The molecule has 0 fully saturated rings. The Labute approximate surface area is 130 Å². The van der Waals surface area contributed by atoms with Gasteiger partial charge in [-0.2, -0.15) is 0 Å². The molecule has 2 heterocycles. The molecule has 1 aliphatic heterocycles. The molecule has 2 aromatic rings. The Morgan fingerprint density at radius 2 is 1.84 bits per heavy atom. The van der Waals surface area contributed by atoms with Crippen molar-refractivity contribution >= 4 is 49.0 Å². The first-order chi connectivity index (χ1) is 9.15. The highest BCUT2D eigenvalue weighted by atomic mass is 79.9. The largest absolute Gasteiger partial charge is 0.486 e. The molecule has 98 valence electrons. The maximum atomic E-state index is 12.4. The highest BCUT2D eigenvalue weighted by Gasteiger charge is 2.19. The second-order valence-electron chi connectivity index (χ2n) is 3.93. The van der Waals surface area contributed by atoms with Gasteiger partial charge in [-0.05, 0) is 56.1 Å². The third kappa shape index (κ3) is 2.57. The molecule has 0 amide bonds. The zero-order valence-electron chi connectivity index (χ0n) is 9.61. The van der Waals surface area contributed by atoms with Crippen molar-refractivity contribution in [3.8, 4) is 11.5 Å². The molecular weight excluding hydrogens is 396 g/mol. The van der Waals surface area contributed by atoms with Crippen LogP contribution < -0.4 is 9.47 Å². The van der Waals surface area contributed by atoms with Crippen molar-refractivity contribution in [2.45, 2.75) is 0 Å². The summed E-state index contributed by atoms with van der Waals surface area (Å²) in [6.07, 6.45) is 0. The summed E-state index contributed by atoms with van der Waals surface area (Å²) in [7, 11) is 0. The lowest BCUT2D eigenvalue weighted by Crippen LogP contribution is -2.15. The van der Waals surface area contributed by atoms with Gasteiger partial charge < -0.3 is 9.47 Å². The van der Waals surface area contributed by atoms with Crippen LogP contribution in [-0.4, -0.2) is 19.0 Å². The summed E-state index contributed by atoms with van der Waals surface area (Å²) in [4.78, 5) is 12.4. The van der Waals surface area contributed by atoms with Crippen LogP contribution in [0.3, 0.4) is 0 Å². The van der Waals surface area contributed by atoms with Crippen molar-refractivity contribution in [2.24, 2.45) is 0 Å². The highest BCUT2D eigenvalue weighted by Crippen LogP contribution is 2.35. The predicted octanol–water partition coefficient (Wildman–Crippen LogP) is 4.28. The van der Waals surface area contributed by atoms with Crippen molar-refractivity contribution in [1.82, 2.24) is 0 Å². The minimum atomic E-state index is -0.0363. The lowest BCUT2D eigenvalue weighted by Gasteiger charge is -2.18. The van der Waals surface area contributed by atoms with Gasteiger partial charge in [0.15, 0.2) is 17.3 Å². The Balaban J connectivity index is 1.98. The number of carbonyl (C=O) groups is 1. The maximum absolute atomic E-state index is 12.4. The van der Waals surface area contributed by atoms with Crippen molar-refractivity contribution in [2.75, 3.05) is 13.2 Å². The Morgan fingerprint density at radius 1 is 1.11 bits per heavy atom. The highest BCUT2D eigenvalue weighted by molar-refractivity contribution is 9.12. The quantitative estimate of drug-likeness (QED) is 0.702. The molecule has 0 aliphatic carbocycles. The lowest BCUT2D eigenvalue weighted by molar-refractivity contribution is 0.103. The molecule has 0 saturated heterocycles. The van der Waals surface area contributed by atoms with E-state index in [1.165, 1.54) is 11.3 Å². The normalized spacial score (nSPS) is 13.4. The van der Waals surface area contributed by atoms with Crippen molar-refractivity contribution < 1.29 is 14.3 Å². The van der Waals surface area contributed by atoms with Crippen LogP contribution in [0.25, 0.3) is 0 Å². The van der Waals surface area contributed by atoms with E-state index < -0.39 is 0 Å². The number of thiophene rings is 1. The van der Waals surface area contributed by atoms with E-state index in [4.69, 9.17) is 9.47 Å². The summed E-state index contributed by atoms with van der Waals surface area (Å²) in [5, 5.41) is 0. The molecule has 1 aromatic carbocycles. The van der Waals surface area contributed by atoms with Crippen molar-refractivity contribution in [3.63, 3.8) is 0 Å². The zero-order valence-corrected chi connectivity index (χ0v) is 13.6. The smallest absolute Gasteiger partial charge is 0.195 e. The topological polar surface area (TPSA) is 35.5 Å². The number of hydrogen-bond acceptors (Lipinski definition) is 4. The fourth-order valence-corrected chi connectivity index (χ4v) is 4.63. The number of fused-ring (bicyclic) bond motifs is 1. The summed E-state index contributed by atoms with van der Waals surface area (Å²) >= 11 is 8.25. The van der Waals surface area contributed by atoms with Gasteiger partial charge in [-0.3, -0.25) is 4.79 Å². The van der Waals surface area contributed by atoms with Gasteiger partial charge >= 0.3 is 0 Å². The molecule has 19 heavy (non-hydrogen) atoms. The van der Waals surface area contributed by atoms with Gasteiger partial charge in [0.05, 0.1) is 7.57 Å². The van der Waals surface area contributed by atoms with Gasteiger partial charge in [0.25, 0.3) is 0 Å². The third-order valence-electron chi connectivity index (χ3n) is 2.71. The Morgan fingerprint density at radius 3 is 2.53 bits per heavy atom. The van der Waals surface area contributed by atoms with Crippen LogP contribution in [0.5, 0.6) is 11.5 Å². The van der Waals surface area contributed by atoms with Crippen LogP contribution in [0.4, 0.5) is 0 Å². The standard InChI is InChI=1S/C13H8Br2O3S/c14-11-6-8(13(15)19-11)12(16)7-1-2-9-10(5-7)18-4-3-17-9/h1-2,5-6H,3-4H2. The number of hydrogen-bond donors (Lipinski definition) is 0. The molecule has 1 aliphatic rings. The van der Waals surface area contributed by atoms with E-state index in [9.17, 15) is 4.79 Å². The van der Waals surface area contributed by atoms with Gasteiger partial charge in [-0.15, -0.1) is 11.3 Å². The second kappa shape index (κ2) is 5.26. The summed E-state index contributed by atoms with van der Waals surface area (Å²) in [6, 6.07) is 7.08. The molecule has 3 rings (SSSR count). The molecule has 0 N–H and O–H groups in total. The van der Waals surface area contributed by atoms with Crippen LogP contribution in [0.15, 0.2) is 31.8 Å². The number of ether oxygens (including phenoxy) is 2. The number of carbonyl (C=O) groups excluding carboxylic acids is 1. The van der Waals surface area contributed by atoms with E-state index in [0.29, 0.717) is 35.8 Å². The summed E-state index contributed by atoms with van der Waals surface area (Å²) in [5.41, 5.74) is 1.24. The minimum Gasteiger partial charge on any atom is -0.486 e. The predicted molar refractivity (Wildman–Crippen MR) is 80.6 cm³/mol. The first kappa shape index (κ1) is 13.1. The number of benzene rings is 1. The fourth-order valence-electron chi connectivity index (χ4n) is 1.84. The van der Waals surface area contributed by atoms with Gasteiger partial charge in [-0.1, -0.05) is 0 Å². The van der Waals surface area contributed by atoms with Crippen LogP contribution in [0.1, 0.15) is 15.9 Å². The zero-order chi connectivity index (χ0) is 13.4. The summed E-state index contributed by atoms with van der Waals surface area (Å²) < 4.78 is 12.7. The first-order valence-electron chi connectivity index (χ1n) is 5.54. The van der Waals surface area contributed by atoms with E-state index in [2.05, 4.69) is 31.9 Å². The molecule has 0 saturated carbocycles. The van der Waals surface area contributed by atoms with Crippen molar-refractivity contribution in [1.29, 1.82) is 0 Å². The van der Waals surface area contributed by atoms with E-state index >= 15 is 0 Å². The average molecular weight is 404 g/mol. The fraction of sp³-hybridized carbons (Fsp3) is 0.154. The van der Waals surface area contributed by atoms with Crippen LogP contribution in [0.2, 0.25) is 0 Å². The van der Waals surface area contributed by atoms with Crippen molar-refractivity contribution in [3.05, 3.63) is 43.0 Å². The van der Waals surface area contributed by atoms with Gasteiger partial charge in [0, 0.05) is 11.1 Å². The van der Waals surface area contributed by atoms with Crippen LogP contribution >= 0.6 is 43.2 Å². The van der Waals surface area contributed by atoms with Gasteiger partial charge in [0.2, 0.25) is 0 Å². The molecule has 0 bridgehead atoms. The van der Waals surface area contributed by atoms with E-state index in [1.807, 2.05) is 6.07 Å². The molecule has 0 radical (unpaired) electrons. The molecule has 0 atom stereocenters. The molecule has 6 heteroatoms. The monoisotopic (exact) mass is 402 g/mol. The van der Waals surface area contributed by atoms with Crippen LogP contribution in [0, 0.1) is 0 Å². The average Bonchev–Trinajstić information content (AvgIpc) is 2.76. The Hall–Kier alpha value is -0.850. The SMILES string of the molecule is O=C(c1ccc2c(c1)OCCO2)c1cc(Br)sc1Br. The van der Waals surface area contributed by atoms with Gasteiger partial charge in [-0.25, -0.2) is 0 Å². The molecule has 1 aromatic heterocycles. The first-order valence-corrected chi connectivity index (χ1v) is 7.94. The third-order valence-corrected chi connectivity index (χ3v) is 5.04.